The van der Waals surface area contributed by atoms with Crippen molar-refractivity contribution in [3.63, 3.8) is 0 Å². The molecule has 1 aliphatic heterocycles. The molecule has 0 spiro atoms. The summed E-state index contributed by atoms with van der Waals surface area (Å²) in [6.45, 7) is -2.14. The number of aromatic nitrogens is 2. The van der Waals surface area contributed by atoms with Gasteiger partial charge in [-0.3, -0.25) is 14.2 Å². The molecule has 0 atom stereocenters. The van der Waals surface area contributed by atoms with E-state index in [4.69, 9.17) is 14.6 Å². The number of carbonyl (C=O) groups is 1. The van der Waals surface area contributed by atoms with Gasteiger partial charge in [-0.25, -0.2) is 4.98 Å². The van der Waals surface area contributed by atoms with Crippen LogP contribution in [-0.2, 0) is 24.3 Å². The number of thioether (sulfide) groups is 1. The first-order valence-corrected chi connectivity index (χ1v) is 12.3. The van der Waals surface area contributed by atoms with Crippen LogP contribution in [0.4, 0.5) is 0 Å². The second-order valence-electron chi connectivity index (χ2n) is 8.33. The molecule has 0 saturated heterocycles. The van der Waals surface area contributed by atoms with Gasteiger partial charge in [-0.1, -0.05) is 66.6 Å². The lowest BCUT2D eigenvalue weighted by Gasteiger charge is -2.30. The van der Waals surface area contributed by atoms with Gasteiger partial charge in [0.25, 0.3) is 5.56 Å². The molecular weight excluding hydrogens is 444 g/mol. The van der Waals surface area contributed by atoms with Crippen molar-refractivity contribution in [1.82, 2.24) is 19.8 Å². The third kappa shape index (κ3) is 5.10. The summed E-state index contributed by atoms with van der Waals surface area (Å²) in [4.78, 5) is 33.3. The first-order chi connectivity index (χ1) is 19.5. The maximum atomic E-state index is 13.8. The minimum absolute atomic E-state index is 0.0945. The Morgan fingerprint density at radius 1 is 1.21 bits per heavy atom. The predicted octanol–water partition coefficient (Wildman–Crippen LogP) is 3.94. The smallest absolute Gasteiger partial charge is 0.264 e. The maximum absolute atomic E-state index is 13.8. The average molecular weight is 482 g/mol. The molecule has 176 valence electrons. The summed E-state index contributed by atoms with van der Waals surface area (Å²) in [7, 11) is 0. The lowest BCUT2D eigenvalue weighted by molar-refractivity contribution is -0.132. The minimum Gasteiger partial charge on any atom is -0.338 e. The number of benzene rings is 2. The van der Waals surface area contributed by atoms with E-state index in [0.717, 1.165) is 18.5 Å². The Kier molecular flexibility index (Phi) is 4.94. The first kappa shape index (κ1) is 15.9. The number of para-hydroxylation sites is 1. The normalized spacial score (nSPS) is 18.9. The highest BCUT2D eigenvalue weighted by Crippen LogP contribution is 2.36. The van der Waals surface area contributed by atoms with E-state index in [1.807, 2.05) is 30.3 Å². The van der Waals surface area contributed by atoms with Crippen molar-refractivity contribution in [3.05, 3.63) is 87.7 Å². The van der Waals surface area contributed by atoms with Crippen molar-refractivity contribution in [2.24, 2.45) is 0 Å². The van der Waals surface area contributed by atoms with Gasteiger partial charge in [-0.2, -0.15) is 0 Å². The molecule has 0 bridgehead atoms. The van der Waals surface area contributed by atoms with Crippen LogP contribution in [0.2, 0.25) is 0 Å². The molecule has 0 unspecified atom stereocenters. The summed E-state index contributed by atoms with van der Waals surface area (Å²) in [6, 6.07) is 6.22. The molecule has 1 N–H and O–H groups in total. The van der Waals surface area contributed by atoms with E-state index in [1.165, 1.54) is 6.42 Å². The molecular formula is C27H30N4O2S. The molecule has 34 heavy (non-hydrogen) atoms. The van der Waals surface area contributed by atoms with E-state index in [2.05, 4.69) is 5.32 Å². The number of hydrogen-bond donors (Lipinski definition) is 1. The molecule has 2 aliphatic rings. The second kappa shape index (κ2) is 10.6. The van der Waals surface area contributed by atoms with Crippen LogP contribution >= 0.6 is 11.8 Å². The Balaban J connectivity index is 1.31. The number of carbonyl (C=O) groups excluding carboxylic acids is 1. The first-order valence-electron chi connectivity index (χ1n) is 15.0. The average Bonchev–Trinajstić information content (AvgIpc) is 2.93. The molecule has 0 radical (unpaired) electrons. The Hall–Kier alpha value is -2.90. The van der Waals surface area contributed by atoms with Crippen LogP contribution in [0.5, 0.6) is 0 Å². The zero-order valence-corrected chi connectivity index (χ0v) is 19.5. The topological polar surface area (TPSA) is 67.2 Å². The van der Waals surface area contributed by atoms with Crippen LogP contribution in [0, 0.1) is 0 Å². The Bertz CT molecular complexity index is 1520. The number of nitrogens with one attached hydrogen (secondary N) is 1. The van der Waals surface area contributed by atoms with Crippen LogP contribution < -0.4 is 10.9 Å². The SMILES string of the molecule is [2H]c1c([2H])c([2H])c(C([2H])([2H])NCCC(=O)N2CCc3nc(SC4CCC4)n(-c4ccccc4)c(=O)c3C2)c([2H])c1[2H]. The number of nitrogens with zero attached hydrogens (tertiary/aromatic N) is 3. The van der Waals surface area contributed by atoms with Crippen molar-refractivity contribution in [2.45, 2.75) is 55.6 Å². The van der Waals surface area contributed by atoms with Crippen LogP contribution in [0.25, 0.3) is 5.69 Å². The highest BCUT2D eigenvalue weighted by molar-refractivity contribution is 7.99. The van der Waals surface area contributed by atoms with Crippen molar-refractivity contribution >= 4 is 17.7 Å². The van der Waals surface area contributed by atoms with Crippen LogP contribution in [0.15, 0.2) is 70.5 Å². The largest absolute Gasteiger partial charge is 0.338 e. The van der Waals surface area contributed by atoms with Gasteiger partial charge in [0.15, 0.2) is 5.16 Å². The molecule has 1 saturated carbocycles. The Labute approximate surface area is 214 Å². The van der Waals surface area contributed by atoms with Gasteiger partial charge in [-0.15, -0.1) is 0 Å². The monoisotopic (exact) mass is 481 g/mol. The fourth-order valence-electron chi connectivity index (χ4n) is 3.98. The summed E-state index contributed by atoms with van der Waals surface area (Å²) in [5, 5.41) is 3.64. The second-order valence-corrected chi connectivity index (χ2v) is 9.60. The van der Waals surface area contributed by atoms with E-state index in [-0.39, 0.29) is 31.0 Å². The van der Waals surface area contributed by atoms with Crippen molar-refractivity contribution in [1.29, 1.82) is 0 Å². The number of rotatable bonds is 8. The standard InChI is InChI=1S/C27H30N4O2S/c32-25(14-16-28-18-20-8-3-1-4-9-20)30-17-15-24-23(19-30)26(33)31(21-10-5-2-6-11-21)27(29-24)34-22-12-7-13-22/h1-6,8-11,22,28H,7,12-19H2/i1D,3D,4D,8D,9D,18D2. The van der Waals surface area contributed by atoms with Gasteiger partial charge in [0.05, 0.1) is 30.3 Å². The van der Waals surface area contributed by atoms with E-state index < -0.39 is 42.3 Å². The zero-order valence-electron chi connectivity index (χ0n) is 25.7. The molecule has 1 aliphatic carbocycles. The number of amides is 1. The fraction of sp³-hybridized carbons (Fsp3) is 0.370. The van der Waals surface area contributed by atoms with Crippen molar-refractivity contribution in [2.75, 3.05) is 13.1 Å². The van der Waals surface area contributed by atoms with Crippen LogP contribution in [0.3, 0.4) is 0 Å². The predicted molar refractivity (Wildman–Crippen MR) is 135 cm³/mol. The Morgan fingerprint density at radius 3 is 2.74 bits per heavy atom. The van der Waals surface area contributed by atoms with E-state index in [9.17, 15) is 9.59 Å². The third-order valence-corrected chi connectivity index (χ3v) is 7.36. The highest BCUT2D eigenvalue weighted by Gasteiger charge is 2.28. The maximum Gasteiger partial charge on any atom is 0.264 e. The zero-order chi connectivity index (χ0) is 29.5. The molecule has 2 aromatic carbocycles. The van der Waals surface area contributed by atoms with Crippen LogP contribution in [-0.4, -0.2) is 38.7 Å². The quantitative estimate of drug-likeness (QED) is 0.494. The molecule has 5 rings (SSSR count). The molecule has 1 amide bonds. The van der Waals surface area contributed by atoms with Gasteiger partial charge >= 0.3 is 0 Å². The summed E-state index contributed by atoms with van der Waals surface area (Å²) in [6.07, 6.45) is 3.69. The lowest BCUT2D eigenvalue weighted by Crippen LogP contribution is -2.42. The molecule has 3 aromatic rings. The van der Waals surface area contributed by atoms with E-state index in [0.29, 0.717) is 34.6 Å². The molecule has 6 nitrogen and oxygen atoms in total. The molecule has 7 heteroatoms. The summed E-state index contributed by atoms with van der Waals surface area (Å²) in [5.41, 5.74) is 1.18. The highest BCUT2D eigenvalue weighted by atomic mass is 32.2. The summed E-state index contributed by atoms with van der Waals surface area (Å²) < 4.78 is 57.7. The van der Waals surface area contributed by atoms with Gasteiger partial charge < -0.3 is 10.2 Å². The summed E-state index contributed by atoms with van der Waals surface area (Å²) >= 11 is 1.63. The molecule has 1 aromatic heterocycles. The lowest BCUT2D eigenvalue weighted by atomic mass is 10.0. The minimum atomic E-state index is -2.47. The van der Waals surface area contributed by atoms with Crippen molar-refractivity contribution < 1.29 is 14.4 Å². The summed E-state index contributed by atoms with van der Waals surface area (Å²) in [5.74, 6) is -0.293. The fourth-order valence-corrected chi connectivity index (χ4v) is 5.30. The molecule has 1 fully saturated rings. The van der Waals surface area contributed by atoms with E-state index >= 15 is 0 Å². The van der Waals surface area contributed by atoms with Gasteiger partial charge in [0.1, 0.15) is 0 Å². The third-order valence-electron chi connectivity index (χ3n) is 6.07. The number of fused-ring (bicyclic) bond motifs is 1. The van der Waals surface area contributed by atoms with Gasteiger partial charge in [0.2, 0.25) is 5.91 Å². The van der Waals surface area contributed by atoms with Gasteiger partial charge in [-0.05, 0) is 30.5 Å². The van der Waals surface area contributed by atoms with Gasteiger partial charge in [0, 0.05) is 40.4 Å². The molecule has 2 heterocycles. The number of hydrogen-bond acceptors (Lipinski definition) is 5. The van der Waals surface area contributed by atoms with Crippen LogP contribution in [0.1, 0.15) is 52.1 Å². The van der Waals surface area contributed by atoms with Crippen molar-refractivity contribution in [3.8, 4) is 5.69 Å². The van der Waals surface area contributed by atoms with E-state index in [1.54, 1.807) is 21.2 Å². The Morgan fingerprint density at radius 2 is 2.00 bits per heavy atom.